The van der Waals surface area contributed by atoms with Gasteiger partial charge in [0.1, 0.15) is 0 Å². The van der Waals surface area contributed by atoms with E-state index in [0.717, 1.165) is 11.9 Å². The Bertz CT molecular complexity index is 889. The van der Waals surface area contributed by atoms with Crippen LogP contribution in [0.15, 0.2) is 53.6 Å². The zero-order chi connectivity index (χ0) is 18.6. The molecule has 0 amide bonds. The van der Waals surface area contributed by atoms with E-state index in [1.54, 1.807) is 36.5 Å². The van der Waals surface area contributed by atoms with Crippen LogP contribution in [0.25, 0.3) is 5.57 Å². The minimum atomic E-state index is -3.30. The number of hydrogen-bond acceptors (Lipinski definition) is 5. The van der Waals surface area contributed by atoms with Crippen molar-refractivity contribution >= 4 is 32.7 Å². The Hall–Kier alpha value is -2.02. The van der Waals surface area contributed by atoms with Crippen LogP contribution in [-0.2, 0) is 9.84 Å². The molecule has 132 valence electrons. The molecule has 1 aromatic carbocycles. The minimum absolute atomic E-state index is 0.193. The molecule has 0 saturated heterocycles. The third kappa shape index (κ3) is 4.98. The van der Waals surface area contributed by atoms with Crippen LogP contribution in [0.1, 0.15) is 16.8 Å². The average Bonchev–Trinajstić information content (AvgIpc) is 2.59. The summed E-state index contributed by atoms with van der Waals surface area (Å²) in [6.45, 7) is 1.58. The first-order valence-corrected chi connectivity index (χ1v) is 9.84. The molecule has 1 aromatic heterocycles. The smallest absolute Gasteiger partial charge is 0.175 e. The van der Waals surface area contributed by atoms with Gasteiger partial charge in [0.15, 0.2) is 9.84 Å². The Balaban J connectivity index is 2.48. The number of pyridine rings is 1. The standard InChI is InChI=1S/C18H19ClN2O3S/c1-12-3-4-14(10-21-12)18(20)17(9-15(19)11-22)13-5-7-16(8-6-13)25(2,23)24/h3-10,15,20,22H,11H2,1-2H3/b17-9-,20-18?. The maximum atomic E-state index is 11.6. The molecular formula is C18H19ClN2O3S. The molecule has 0 saturated carbocycles. The van der Waals surface area contributed by atoms with Gasteiger partial charge < -0.3 is 5.11 Å². The maximum absolute atomic E-state index is 11.6. The lowest BCUT2D eigenvalue weighted by molar-refractivity contribution is 0.305. The molecule has 0 fully saturated rings. The van der Waals surface area contributed by atoms with E-state index in [2.05, 4.69) is 4.98 Å². The fourth-order valence-electron chi connectivity index (χ4n) is 2.21. The summed E-state index contributed by atoms with van der Waals surface area (Å²) in [6, 6.07) is 9.81. The number of aliphatic hydroxyl groups is 1. The van der Waals surface area contributed by atoms with Gasteiger partial charge in [-0.3, -0.25) is 10.4 Å². The zero-order valence-electron chi connectivity index (χ0n) is 13.9. The van der Waals surface area contributed by atoms with E-state index < -0.39 is 15.2 Å². The highest BCUT2D eigenvalue weighted by Crippen LogP contribution is 2.23. The van der Waals surface area contributed by atoms with Crippen molar-refractivity contribution in [3.63, 3.8) is 0 Å². The highest BCUT2D eigenvalue weighted by atomic mass is 35.5. The quantitative estimate of drug-likeness (QED) is 0.597. The van der Waals surface area contributed by atoms with E-state index in [-0.39, 0.29) is 17.2 Å². The Morgan fingerprint density at radius 2 is 1.84 bits per heavy atom. The van der Waals surface area contributed by atoms with Crippen molar-refractivity contribution < 1.29 is 13.5 Å². The summed E-state index contributed by atoms with van der Waals surface area (Å²) in [5.41, 5.74) is 2.77. The Morgan fingerprint density at radius 1 is 1.24 bits per heavy atom. The van der Waals surface area contributed by atoms with Gasteiger partial charge in [-0.2, -0.15) is 0 Å². The number of aromatic nitrogens is 1. The second-order valence-corrected chi connectivity index (χ2v) is 8.22. The number of nitrogens with zero attached hydrogens (tertiary/aromatic N) is 1. The predicted octanol–water partition coefficient (Wildman–Crippen LogP) is 2.84. The summed E-state index contributed by atoms with van der Waals surface area (Å²) in [6.07, 6.45) is 4.32. The molecule has 1 unspecified atom stereocenters. The number of aryl methyl sites for hydroxylation is 1. The molecule has 7 heteroatoms. The Labute approximate surface area is 152 Å². The van der Waals surface area contributed by atoms with E-state index in [0.29, 0.717) is 16.7 Å². The molecule has 0 aliphatic heterocycles. The number of rotatable bonds is 6. The molecule has 5 nitrogen and oxygen atoms in total. The summed E-state index contributed by atoms with van der Waals surface area (Å²) in [5.74, 6) is 0. The van der Waals surface area contributed by atoms with Crippen molar-refractivity contribution in [3.8, 4) is 0 Å². The van der Waals surface area contributed by atoms with Crippen LogP contribution < -0.4 is 0 Å². The van der Waals surface area contributed by atoms with Gasteiger partial charge in [0.2, 0.25) is 0 Å². The van der Waals surface area contributed by atoms with Crippen molar-refractivity contribution in [3.05, 3.63) is 65.5 Å². The van der Waals surface area contributed by atoms with E-state index in [1.807, 2.05) is 6.92 Å². The molecule has 1 atom stereocenters. The number of aliphatic hydroxyl groups excluding tert-OH is 1. The van der Waals surface area contributed by atoms with E-state index in [1.165, 1.54) is 12.1 Å². The first kappa shape index (κ1) is 19.3. The molecular weight excluding hydrogens is 360 g/mol. The highest BCUT2D eigenvalue weighted by molar-refractivity contribution is 7.90. The lowest BCUT2D eigenvalue weighted by Gasteiger charge is -2.12. The topological polar surface area (TPSA) is 91.1 Å². The second kappa shape index (κ2) is 7.91. The Morgan fingerprint density at radius 3 is 2.32 bits per heavy atom. The number of sulfone groups is 1. The van der Waals surface area contributed by atoms with Gasteiger partial charge >= 0.3 is 0 Å². The lowest BCUT2D eigenvalue weighted by atomic mass is 9.96. The van der Waals surface area contributed by atoms with Crippen LogP contribution in [0.2, 0.25) is 0 Å². The van der Waals surface area contributed by atoms with Crippen molar-refractivity contribution in [2.45, 2.75) is 17.2 Å². The number of allylic oxidation sites excluding steroid dienone is 1. The SMILES string of the molecule is Cc1ccc(C(=N)/C(=C\C(Cl)CO)c2ccc(S(C)(=O)=O)cc2)cn1. The normalized spacial score (nSPS) is 13.5. The summed E-state index contributed by atoms with van der Waals surface area (Å²) in [5, 5.41) is 17.0. The van der Waals surface area contributed by atoms with Crippen molar-refractivity contribution in [1.82, 2.24) is 4.98 Å². The van der Waals surface area contributed by atoms with Gasteiger partial charge in [0.05, 0.1) is 22.6 Å². The number of hydrogen-bond donors (Lipinski definition) is 2. The van der Waals surface area contributed by atoms with Crippen LogP contribution in [0, 0.1) is 12.3 Å². The predicted molar refractivity (Wildman–Crippen MR) is 100 cm³/mol. The van der Waals surface area contributed by atoms with Crippen molar-refractivity contribution in [1.29, 1.82) is 5.41 Å². The van der Waals surface area contributed by atoms with Crippen molar-refractivity contribution in [2.24, 2.45) is 0 Å². The molecule has 0 bridgehead atoms. The summed E-state index contributed by atoms with van der Waals surface area (Å²) in [7, 11) is -3.30. The molecule has 2 aromatic rings. The van der Waals surface area contributed by atoms with E-state index in [4.69, 9.17) is 17.0 Å². The molecule has 25 heavy (non-hydrogen) atoms. The van der Waals surface area contributed by atoms with Crippen LogP contribution in [0.3, 0.4) is 0 Å². The number of halogens is 1. The molecule has 0 aliphatic carbocycles. The molecule has 0 spiro atoms. The maximum Gasteiger partial charge on any atom is 0.175 e. The average molecular weight is 379 g/mol. The van der Waals surface area contributed by atoms with E-state index in [9.17, 15) is 13.5 Å². The molecule has 0 radical (unpaired) electrons. The molecule has 2 N–H and O–H groups in total. The van der Waals surface area contributed by atoms with Gasteiger partial charge in [-0.25, -0.2) is 8.42 Å². The first-order chi connectivity index (χ1) is 11.7. The lowest BCUT2D eigenvalue weighted by Crippen LogP contribution is -2.09. The Kier molecular flexibility index (Phi) is 6.11. The number of alkyl halides is 1. The fourth-order valence-corrected chi connectivity index (χ4v) is 2.97. The fraction of sp³-hybridized carbons (Fsp3) is 0.222. The van der Waals surface area contributed by atoms with Gasteiger partial charge in [-0.1, -0.05) is 18.2 Å². The largest absolute Gasteiger partial charge is 0.395 e. The second-order valence-electron chi connectivity index (χ2n) is 5.64. The third-order valence-electron chi connectivity index (χ3n) is 3.58. The van der Waals surface area contributed by atoms with Gasteiger partial charge in [0.25, 0.3) is 0 Å². The molecule has 0 aliphatic rings. The summed E-state index contributed by atoms with van der Waals surface area (Å²) < 4.78 is 23.2. The monoisotopic (exact) mass is 378 g/mol. The summed E-state index contributed by atoms with van der Waals surface area (Å²) in [4.78, 5) is 4.39. The van der Waals surface area contributed by atoms with Crippen LogP contribution in [-0.4, -0.2) is 42.5 Å². The van der Waals surface area contributed by atoms with Gasteiger partial charge in [-0.05, 0) is 36.8 Å². The van der Waals surface area contributed by atoms with Gasteiger partial charge in [0, 0.05) is 29.3 Å². The van der Waals surface area contributed by atoms with Crippen LogP contribution in [0.4, 0.5) is 0 Å². The first-order valence-electron chi connectivity index (χ1n) is 7.51. The highest BCUT2D eigenvalue weighted by Gasteiger charge is 2.15. The van der Waals surface area contributed by atoms with E-state index >= 15 is 0 Å². The van der Waals surface area contributed by atoms with Crippen LogP contribution in [0.5, 0.6) is 0 Å². The van der Waals surface area contributed by atoms with Crippen LogP contribution >= 0.6 is 11.6 Å². The summed E-state index contributed by atoms with van der Waals surface area (Å²) >= 11 is 6.04. The van der Waals surface area contributed by atoms with Crippen molar-refractivity contribution in [2.75, 3.05) is 12.9 Å². The van der Waals surface area contributed by atoms with Gasteiger partial charge in [-0.15, -0.1) is 11.6 Å². The minimum Gasteiger partial charge on any atom is -0.395 e. The third-order valence-corrected chi connectivity index (χ3v) is 4.98. The number of nitrogens with one attached hydrogen (secondary N) is 1. The zero-order valence-corrected chi connectivity index (χ0v) is 15.5. The molecule has 2 rings (SSSR count). The molecule has 1 heterocycles. The number of benzene rings is 1.